The number of carbonyl (C=O) groups excluding carboxylic acids is 1. The summed E-state index contributed by atoms with van der Waals surface area (Å²) in [7, 11) is 0. The summed E-state index contributed by atoms with van der Waals surface area (Å²) in [6.45, 7) is 0.224. The van der Waals surface area contributed by atoms with Gasteiger partial charge in [0, 0.05) is 10.6 Å². The predicted octanol–water partition coefficient (Wildman–Crippen LogP) is 5.12. The molecule has 0 spiro atoms. The third kappa shape index (κ3) is 4.61. The topological polar surface area (TPSA) is 88.8 Å². The Morgan fingerprint density at radius 1 is 1.07 bits per heavy atom. The first kappa shape index (κ1) is 18.8. The van der Waals surface area contributed by atoms with E-state index in [0.717, 1.165) is 5.56 Å². The minimum atomic E-state index is -1.21. The third-order valence-corrected chi connectivity index (χ3v) is 4.18. The van der Waals surface area contributed by atoms with Gasteiger partial charge < -0.3 is 19.6 Å². The van der Waals surface area contributed by atoms with Crippen molar-refractivity contribution >= 4 is 40.8 Å². The van der Waals surface area contributed by atoms with E-state index in [4.69, 9.17) is 32.4 Å². The zero-order chi connectivity index (χ0) is 19.4. The van der Waals surface area contributed by atoms with E-state index < -0.39 is 11.9 Å². The molecule has 1 heterocycles. The molecule has 0 aliphatic rings. The van der Waals surface area contributed by atoms with Gasteiger partial charge in [-0.05, 0) is 42.5 Å². The largest absolute Gasteiger partial charge is 0.489 e. The van der Waals surface area contributed by atoms with Crippen molar-refractivity contribution < 1.29 is 23.8 Å². The number of ether oxygens (including phenoxy) is 1. The lowest BCUT2D eigenvalue weighted by atomic mass is 10.1. The number of amides is 1. The second-order valence-corrected chi connectivity index (χ2v) is 6.35. The number of nitrogens with one attached hydrogen (secondary N) is 1. The van der Waals surface area contributed by atoms with E-state index in [0.29, 0.717) is 10.8 Å². The first-order valence-corrected chi connectivity index (χ1v) is 8.47. The van der Waals surface area contributed by atoms with E-state index in [2.05, 4.69) is 5.32 Å². The van der Waals surface area contributed by atoms with Gasteiger partial charge in [-0.25, -0.2) is 4.79 Å². The van der Waals surface area contributed by atoms with Crippen LogP contribution in [0.5, 0.6) is 5.75 Å². The van der Waals surface area contributed by atoms with Crippen LogP contribution >= 0.6 is 23.2 Å². The maximum absolute atomic E-state index is 12.4. The zero-order valence-electron chi connectivity index (χ0n) is 13.7. The summed E-state index contributed by atoms with van der Waals surface area (Å²) < 4.78 is 10.5. The fourth-order valence-electron chi connectivity index (χ4n) is 2.30. The van der Waals surface area contributed by atoms with Crippen LogP contribution in [0.2, 0.25) is 10.0 Å². The summed E-state index contributed by atoms with van der Waals surface area (Å²) >= 11 is 11.8. The van der Waals surface area contributed by atoms with E-state index in [9.17, 15) is 14.7 Å². The monoisotopic (exact) mass is 405 g/mol. The number of aromatic carboxylic acids is 1. The van der Waals surface area contributed by atoms with Crippen molar-refractivity contribution in [1.82, 2.24) is 0 Å². The molecule has 0 saturated heterocycles. The van der Waals surface area contributed by atoms with E-state index >= 15 is 0 Å². The normalized spacial score (nSPS) is 10.4. The molecule has 0 radical (unpaired) electrons. The van der Waals surface area contributed by atoms with Gasteiger partial charge in [-0.1, -0.05) is 23.2 Å². The molecule has 6 nitrogen and oxygen atoms in total. The summed E-state index contributed by atoms with van der Waals surface area (Å²) in [6, 6.07) is 10.5. The minimum Gasteiger partial charge on any atom is -0.489 e. The number of carbonyl (C=O) groups is 2. The van der Waals surface area contributed by atoms with E-state index in [1.54, 1.807) is 12.1 Å². The number of carboxylic acids is 1. The molecule has 0 fully saturated rings. The van der Waals surface area contributed by atoms with Crippen LogP contribution in [-0.2, 0) is 6.61 Å². The van der Waals surface area contributed by atoms with Crippen molar-refractivity contribution in [2.24, 2.45) is 0 Å². The summed E-state index contributed by atoms with van der Waals surface area (Å²) in [4.78, 5) is 24.0. The standard InChI is InChI=1S/C19H13Cl2NO5/c20-12-1-3-14(16(21)7-12)18(23)22-17-4-2-13(8-15(17)19(24)25)27-10-11-5-6-26-9-11/h1-9H,10H2,(H,22,23)(H,24,25). The molecule has 2 N–H and O–H groups in total. The average Bonchev–Trinajstić information content (AvgIpc) is 3.14. The Morgan fingerprint density at radius 3 is 2.56 bits per heavy atom. The molecule has 0 bridgehead atoms. The van der Waals surface area contributed by atoms with Gasteiger partial charge in [0.05, 0.1) is 34.4 Å². The Bertz CT molecular complexity index is 986. The van der Waals surface area contributed by atoms with Crippen LogP contribution in [0.1, 0.15) is 26.3 Å². The fourth-order valence-corrected chi connectivity index (χ4v) is 2.80. The molecule has 1 amide bonds. The van der Waals surface area contributed by atoms with Gasteiger partial charge in [0.15, 0.2) is 0 Å². The van der Waals surface area contributed by atoms with Crippen LogP contribution in [0.15, 0.2) is 59.4 Å². The highest BCUT2D eigenvalue weighted by atomic mass is 35.5. The maximum atomic E-state index is 12.4. The summed E-state index contributed by atoms with van der Waals surface area (Å²) in [5, 5.41) is 12.6. The molecule has 3 aromatic rings. The van der Waals surface area contributed by atoms with Crippen LogP contribution in [0, 0.1) is 0 Å². The van der Waals surface area contributed by atoms with Crippen molar-refractivity contribution in [3.8, 4) is 5.75 Å². The van der Waals surface area contributed by atoms with Gasteiger partial charge in [-0.15, -0.1) is 0 Å². The first-order chi connectivity index (χ1) is 12.9. The van der Waals surface area contributed by atoms with E-state index in [1.165, 1.54) is 42.9 Å². The number of carboxylic acid groups (broad SMARTS) is 1. The molecule has 27 heavy (non-hydrogen) atoms. The highest BCUT2D eigenvalue weighted by Crippen LogP contribution is 2.26. The van der Waals surface area contributed by atoms with Crippen LogP contribution in [0.3, 0.4) is 0 Å². The van der Waals surface area contributed by atoms with E-state index in [1.807, 2.05) is 0 Å². The molecule has 8 heteroatoms. The van der Waals surface area contributed by atoms with Gasteiger partial charge >= 0.3 is 5.97 Å². The number of hydrogen-bond acceptors (Lipinski definition) is 4. The molecule has 2 aromatic carbocycles. The molecule has 0 aliphatic heterocycles. The highest BCUT2D eigenvalue weighted by molar-refractivity contribution is 6.37. The highest BCUT2D eigenvalue weighted by Gasteiger charge is 2.17. The van der Waals surface area contributed by atoms with Gasteiger partial charge in [0.2, 0.25) is 0 Å². The Kier molecular flexibility index (Phi) is 5.69. The second kappa shape index (κ2) is 8.16. The Morgan fingerprint density at radius 2 is 1.89 bits per heavy atom. The van der Waals surface area contributed by atoms with Crippen LogP contribution < -0.4 is 10.1 Å². The van der Waals surface area contributed by atoms with Crippen molar-refractivity contribution in [3.05, 3.63) is 81.7 Å². The van der Waals surface area contributed by atoms with Crippen molar-refractivity contribution in [3.63, 3.8) is 0 Å². The number of furan rings is 1. The summed E-state index contributed by atoms with van der Waals surface area (Å²) in [6.07, 6.45) is 3.05. The minimum absolute atomic E-state index is 0.113. The molecule has 138 valence electrons. The molecular weight excluding hydrogens is 393 g/mol. The summed E-state index contributed by atoms with van der Waals surface area (Å²) in [5.41, 5.74) is 0.992. The number of hydrogen-bond donors (Lipinski definition) is 2. The molecule has 0 saturated carbocycles. The third-order valence-electron chi connectivity index (χ3n) is 3.63. The number of halogens is 2. The molecule has 0 aliphatic carbocycles. The molecule has 1 aromatic heterocycles. The van der Waals surface area contributed by atoms with E-state index in [-0.39, 0.29) is 28.4 Å². The second-order valence-electron chi connectivity index (χ2n) is 5.51. The maximum Gasteiger partial charge on any atom is 0.337 e. The molecule has 0 atom stereocenters. The number of anilines is 1. The lowest BCUT2D eigenvalue weighted by Crippen LogP contribution is -2.15. The van der Waals surface area contributed by atoms with Gasteiger partial charge in [0.1, 0.15) is 12.4 Å². The Balaban J connectivity index is 1.80. The number of benzene rings is 2. The lowest BCUT2D eigenvalue weighted by Gasteiger charge is -2.12. The van der Waals surface area contributed by atoms with Crippen LogP contribution in [0.4, 0.5) is 5.69 Å². The fraction of sp³-hybridized carbons (Fsp3) is 0.0526. The summed E-state index contributed by atoms with van der Waals surface area (Å²) in [5.74, 6) is -1.41. The molecular formula is C19H13Cl2NO5. The predicted molar refractivity (Wildman–Crippen MR) is 101 cm³/mol. The van der Waals surface area contributed by atoms with Crippen molar-refractivity contribution in [2.45, 2.75) is 6.61 Å². The van der Waals surface area contributed by atoms with Crippen molar-refractivity contribution in [1.29, 1.82) is 0 Å². The molecule has 3 rings (SSSR count). The van der Waals surface area contributed by atoms with Crippen LogP contribution in [-0.4, -0.2) is 17.0 Å². The van der Waals surface area contributed by atoms with Gasteiger partial charge in [-0.3, -0.25) is 4.79 Å². The van der Waals surface area contributed by atoms with Gasteiger partial charge in [0.25, 0.3) is 5.91 Å². The smallest absolute Gasteiger partial charge is 0.337 e. The number of rotatable bonds is 6. The quantitative estimate of drug-likeness (QED) is 0.594. The van der Waals surface area contributed by atoms with Gasteiger partial charge in [-0.2, -0.15) is 0 Å². The Hall–Kier alpha value is -2.96. The first-order valence-electron chi connectivity index (χ1n) is 7.71. The lowest BCUT2D eigenvalue weighted by molar-refractivity contribution is 0.0697. The SMILES string of the molecule is O=C(Nc1ccc(OCc2ccoc2)cc1C(=O)O)c1ccc(Cl)cc1Cl. The Labute approximate surface area is 164 Å². The zero-order valence-corrected chi connectivity index (χ0v) is 15.3. The van der Waals surface area contributed by atoms with Crippen LogP contribution in [0.25, 0.3) is 0 Å². The average molecular weight is 406 g/mol. The molecule has 0 unspecified atom stereocenters. The van der Waals surface area contributed by atoms with Crippen molar-refractivity contribution in [2.75, 3.05) is 5.32 Å².